The molecule has 82 valence electrons. The molecule has 1 aromatic rings. The lowest BCUT2D eigenvalue weighted by atomic mass is 10.3. The molecule has 2 rings (SSSR count). The van der Waals surface area contributed by atoms with Crippen LogP contribution in [0.2, 0.25) is 0 Å². The van der Waals surface area contributed by atoms with Gasteiger partial charge < -0.3 is 5.11 Å². The maximum Gasteiger partial charge on any atom is 0.240 e. The molecule has 7 heteroatoms. The van der Waals surface area contributed by atoms with Gasteiger partial charge in [-0.2, -0.15) is 0 Å². The highest BCUT2D eigenvalue weighted by Gasteiger charge is 2.22. The van der Waals surface area contributed by atoms with E-state index in [2.05, 4.69) is 15.5 Å². The average Bonchev–Trinajstić information content (AvgIpc) is 2.77. The van der Waals surface area contributed by atoms with Gasteiger partial charge in [0.25, 0.3) is 0 Å². The molecule has 1 aromatic heterocycles. The first-order valence-corrected chi connectivity index (χ1v) is 5.58. The lowest BCUT2D eigenvalue weighted by Crippen LogP contribution is -2.32. The van der Waals surface area contributed by atoms with Crippen molar-refractivity contribution >= 4 is 22.4 Å². The molecule has 1 aliphatic heterocycles. The van der Waals surface area contributed by atoms with Crippen LogP contribution in [0.3, 0.4) is 0 Å². The molecule has 1 unspecified atom stereocenters. The number of rotatable bonds is 3. The Morgan fingerprint density at radius 1 is 1.80 bits per heavy atom. The summed E-state index contributed by atoms with van der Waals surface area (Å²) in [6.07, 6.45) is 0.450. The molecule has 0 aromatic carbocycles. The van der Waals surface area contributed by atoms with Crippen molar-refractivity contribution in [3.8, 4) is 0 Å². The Labute approximate surface area is 90.9 Å². The molecule has 0 radical (unpaired) electrons. The van der Waals surface area contributed by atoms with Gasteiger partial charge in [0.15, 0.2) is 0 Å². The van der Waals surface area contributed by atoms with Crippen molar-refractivity contribution in [2.24, 2.45) is 0 Å². The number of β-amino-alcohol motifs (C(OH)–C–C–N with tert-alkyl or cyclic N) is 1. The quantitative estimate of drug-likeness (QED) is 0.732. The van der Waals surface area contributed by atoms with Gasteiger partial charge in [-0.05, 0) is 6.42 Å². The third-order valence-electron chi connectivity index (χ3n) is 2.22. The maximum absolute atomic E-state index is 11.5. The zero-order chi connectivity index (χ0) is 10.7. The van der Waals surface area contributed by atoms with E-state index in [0.29, 0.717) is 18.2 Å². The highest BCUT2D eigenvalue weighted by atomic mass is 32.1. The molecule has 2 heterocycles. The minimum Gasteiger partial charge on any atom is -0.392 e. The number of nitrogens with one attached hydrogen (secondary N) is 1. The first-order chi connectivity index (χ1) is 7.24. The van der Waals surface area contributed by atoms with Crippen molar-refractivity contribution in [1.82, 2.24) is 15.1 Å². The topological polar surface area (TPSA) is 78.4 Å². The largest absolute Gasteiger partial charge is 0.392 e. The van der Waals surface area contributed by atoms with Crippen LogP contribution in [0.1, 0.15) is 6.42 Å². The molecule has 1 fully saturated rings. The number of hydrogen-bond acceptors (Lipinski definition) is 6. The number of likely N-dealkylation sites (tertiary alicyclic amines) is 1. The van der Waals surface area contributed by atoms with Gasteiger partial charge in [-0.1, -0.05) is 11.3 Å². The molecule has 1 aliphatic rings. The zero-order valence-corrected chi connectivity index (χ0v) is 8.90. The summed E-state index contributed by atoms with van der Waals surface area (Å²) in [6.45, 7) is 1.64. The highest BCUT2D eigenvalue weighted by molar-refractivity contribution is 7.13. The summed E-state index contributed by atoms with van der Waals surface area (Å²) < 4.78 is 0. The fourth-order valence-electron chi connectivity index (χ4n) is 1.55. The lowest BCUT2D eigenvalue weighted by Gasteiger charge is -2.13. The van der Waals surface area contributed by atoms with Crippen LogP contribution in [0.4, 0.5) is 5.13 Å². The molecule has 1 atom stereocenters. The van der Waals surface area contributed by atoms with Crippen LogP contribution >= 0.6 is 11.3 Å². The first-order valence-electron chi connectivity index (χ1n) is 4.70. The second-order valence-electron chi connectivity index (χ2n) is 3.47. The third-order valence-corrected chi connectivity index (χ3v) is 2.83. The Hall–Kier alpha value is -1.05. The molecular formula is C8H12N4O2S. The van der Waals surface area contributed by atoms with Gasteiger partial charge in [0.2, 0.25) is 11.0 Å². The third kappa shape index (κ3) is 2.95. The highest BCUT2D eigenvalue weighted by Crippen LogP contribution is 2.10. The van der Waals surface area contributed by atoms with Gasteiger partial charge in [0.05, 0.1) is 12.6 Å². The van der Waals surface area contributed by atoms with E-state index < -0.39 is 0 Å². The Morgan fingerprint density at radius 3 is 3.27 bits per heavy atom. The Balaban J connectivity index is 1.78. The summed E-state index contributed by atoms with van der Waals surface area (Å²) in [5, 5.41) is 19.8. The molecule has 2 N–H and O–H groups in total. The summed E-state index contributed by atoms with van der Waals surface area (Å²) in [5.41, 5.74) is 1.56. The van der Waals surface area contributed by atoms with E-state index in [9.17, 15) is 9.90 Å². The number of aliphatic hydroxyl groups is 1. The van der Waals surface area contributed by atoms with E-state index in [1.165, 1.54) is 11.3 Å². The predicted molar refractivity (Wildman–Crippen MR) is 55.6 cm³/mol. The molecule has 15 heavy (non-hydrogen) atoms. The van der Waals surface area contributed by atoms with Crippen molar-refractivity contribution in [2.75, 3.05) is 25.0 Å². The first kappa shape index (κ1) is 10.5. The number of carbonyl (C=O) groups excluding carboxylic acids is 1. The van der Waals surface area contributed by atoms with Crippen LogP contribution in [-0.2, 0) is 4.79 Å². The fraction of sp³-hybridized carbons (Fsp3) is 0.625. The minimum atomic E-state index is -0.292. The van der Waals surface area contributed by atoms with Crippen molar-refractivity contribution in [1.29, 1.82) is 0 Å². The monoisotopic (exact) mass is 228 g/mol. The number of anilines is 1. The molecule has 0 aliphatic carbocycles. The number of nitrogens with zero attached hydrogens (tertiary/aromatic N) is 3. The molecule has 0 spiro atoms. The van der Waals surface area contributed by atoms with Crippen molar-refractivity contribution in [2.45, 2.75) is 12.5 Å². The fourth-order valence-corrected chi connectivity index (χ4v) is 2.01. The summed E-state index contributed by atoms with van der Waals surface area (Å²) >= 11 is 1.29. The van der Waals surface area contributed by atoms with Gasteiger partial charge >= 0.3 is 0 Å². The summed E-state index contributed by atoms with van der Waals surface area (Å²) in [5.74, 6) is -0.110. The molecule has 0 bridgehead atoms. The van der Waals surface area contributed by atoms with Crippen LogP contribution < -0.4 is 5.32 Å². The molecular weight excluding hydrogens is 216 g/mol. The van der Waals surface area contributed by atoms with Crippen LogP contribution in [0.5, 0.6) is 0 Å². The number of aromatic nitrogens is 2. The van der Waals surface area contributed by atoms with E-state index in [4.69, 9.17) is 0 Å². The average molecular weight is 228 g/mol. The van der Waals surface area contributed by atoms with E-state index in [1.54, 1.807) is 5.51 Å². The van der Waals surface area contributed by atoms with Gasteiger partial charge in [0, 0.05) is 13.1 Å². The summed E-state index contributed by atoms with van der Waals surface area (Å²) in [7, 11) is 0. The number of carbonyl (C=O) groups is 1. The Bertz CT molecular complexity index is 329. The van der Waals surface area contributed by atoms with Crippen LogP contribution in [0, 0.1) is 0 Å². The summed E-state index contributed by atoms with van der Waals surface area (Å²) in [6, 6.07) is 0. The molecule has 6 nitrogen and oxygen atoms in total. The van der Waals surface area contributed by atoms with Gasteiger partial charge in [-0.25, -0.2) is 0 Å². The Morgan fingerprint density at radius 2 is 2.67 bits per heavy atom. The minimum absolute atomic E-state index is 0.110. The smallest absolute Gasteiger partial charge is 0.240 e. The van der Waals surface area contributed by atoms with Crippen molar-refractivity contribution in [3.05, 3.63) is 5.51 Å². The van der Waals surface area contributed by atoms with E-state index in [-0.39, 0.29) is 12.0 Å². The molecule has 1 saturated heterocycles. The lowest BCUT2D eigenvalue weighted by molar-refractivity contribution is -0.117. The van der Waals surface area contributed by atoms with Gasteiger partial charge in [-0.15, -0.1) is 10.2 Å². The zero-order valence-electron chi connectivity index (χ0n) is 8.09. The van der Waals surface area contributed by atoms with Crippen LogP contribution in [-0.4, -0.2) is 51.8 Å². The summed E-state index contributed by atoms with van der Waals surface area (Å²) in [4.78, 5) is 13.4. The number of aliphatic hydroxyl groups excluding tert-OH is 1. The van der Waals surface area contributed by atoms with Crippen LogP contribution in [0.25, 0.3) is 0 Å². The second-order valence-corrected chi connectivity index (χ2v) is 4.30. The van der Waals surface area contributed by atoms with Crippen molar-refractivity contribution < 1.29 is 9.90 Å². The van der Waals surface area contributed by atoms with Gasteiger partial charge in [0.1, 0.15) is 5.51 Å². The predicted octanol–water partition coefficient (Wildman–Crippen LogP) is -0.457. The number of hydrogen-bond donors (Lipinski definition) is 2. The van der Waals surface area contributed by atoms with Crippen LogP contribution in [0.15, 0.2) is 5.51 Å². The molecule has 1 amide bonds. The van der Waals surface area contributed by atoms with E-state index in [1.807, 2.05) is 4.90 Å². The van der Waals surface area contributed by atoms with Crippen molar-refractivity contribution in [3.63, 3.8) is 0 Å². The number of amides is 1. The van der Waals surface area contributed by atoms with E-state index >= 15 is 0 Å². The SMILES string of the molecule is O=C(CN1CCC(O)C1)Nc1nncs1. The molecule has 0 saturated carbocycles. The van der Waals surface area contributed by atoms with Gasteiger partial charge in [-0.3, -0.25) is 15.0 Å². The standard InChI is InChI=1S/C8H12N4O2S/c13-6-1-2-12(3-6)4-7(14)10-8-11-9-5-15-8/h5-6,13H,1-4H2,(H,10,11,14). The normalized spacial score (nSPS) is 21.8. The maximum atomic E-state index is 11.5. The van der Waals surface area contributed by atoms with E-state index in [0.717, 1.165) is 13.0 Å². The Kier molecular flexibility index (Phi) is 3.24. The second kappa shape index (κ2) is 4.65.